The van der Waals surface area contributed by atoms with E-state index in [2.05, 4.69) is 11.8 Å². The molecule has 106 valence electrons. The number of esters is 1. The van der Waals surface area contributed by atoms with Crippen molar-refractivity contribution in [3.05, 3.63) is 47.5 Å². The Morgan fingerprint density at radius 3 is 2.57 bits per heavy atom. The van der Waals surface area contributed by atoms with E-state index < -0.39 is 5.97 Å². The van der Waals surface area contributed by atoms with Crippen LogP contribution in [0.5, 0.6) is 0 Å². The van der Waals surface area contributed by atoms with Gasteiger partial charge in [0.2, 0.25) is 0 Å². The molecule has 2 rings (SSSR count). The van der Waals surface area contributed by atoms with Crippen molar-refractivity contribution in [2.45, 2.75) is 13.3 Å². The highest BCUT2D eigenvalue weighted by Gasteiger charge is 2.03. The van der Waals surface area contributed by atoms with Crippen molar-refractivity contribution in [1.82, 2.24) is 0 Å². The minimum Gasteiger partial charge on any atom is -0.478 e. The van der Waals surface area contributed by atoms with Gasteiger partial charge in [0.05, 0.1) is 12.2 Å². The zero-order valence-corrected chi connectivity index (χ0v) is 11.6. The molecule has 0 atom stereocenters. The van der Waals surface area contributed by atoms with Crippen molar-refractivity contribution in [1.29, 1.82) is 0 Å². The number of ether oxygens (including phenoxy) is 1. The molecule has 2 aromatic rings. The molecule has 1 N–H and O–H groups in total. The average Bonchev–Trinajstić information content (AvgIpc) is 2.46. The monoisotopic (exact) mass is 282 g/mol. The van der Waals surface area contributed by atoms with Crippen molar-refractivity contribution in [3.8, 4) is 11.8 Å². The van der Waals surface area contributed by atoms with Crippen molar-refractivity contribution < 1.29 is 19.4 Å². The molecule has 4 nitrogen and oxygen atoms in total. The van der Waals surface area contributed by atoms with Gasteiger partial charge in [0.25, 0.3) is 0 Å². The fourth-order valence-corrected chi connectivity index (χ4v) is 1.89. The zero-order chi connectivity index (χ0) is 15.2. The molecule has 4 heteroatoms. The lowest BCUT2D eigenvalue weighted by atomic mass is 10.0. The maximum atomic E-state index is 11.2. The molecule has 0 aliphatic rings. The predicted octanol–water partition coefficient (Wildman–Crippen LogP) is 2.84. The summed E-state index contributed by atoms with van der Waals surface area (Å²) in [5.41, 5.74) is 1.03. The Morgan fingerprint density at radius 1 is 1.14 bits per heavy atom. The van der Waals surface area contributed by atoms with E-state index in [4.69, 9.17) is 9.84 Å². The quantitative estimate of drug-likeness (QED) is 0.694. The van der Waals surface area contributed by atoms with Gasteiger partial charge in [-0.1, -0.05) is 24.0 Å². The van der Waals surface area contributed by atoms with Gasteiger partial charge in [0, 0.05) is 5.56 Å². The number of carbonyl (C=O) groups excluding carboxylic acids is 1. The third-order valence-corrected chi connectivity index (χ3v) is 2.86. The summed E-state index contributed by atoms with van der Waals surface area (Å²) in [5.74, 6) is 4.37. The van der Waals surface area contributed by atoms with Gasteiger partial charge in [0.15, 0.2) is 0 Å². The van der Waals surface area contributed by atoms with Crippen molar-refractivity contribution in [3.63, 3.8) is 0 Å². The molecule has 0 amide bonds. The Morgan fingerprint density at radius 2 is 1.86 bits per heavy atom. The highest BCUT2D eigenvalue weighted by Crippen LogP contribution is 2.17. The first-order valence-corrected chi connectivity index (χ1v) is 6.51. The van der Waals surface area contributed by atoms with E-state index in [0.717, 1.165) is 16.3 Å². The van der Waals surface area contributed by atoms with Crippen molar-refractivity contribution in [2.24, 2.45) is 0 Å². The second kappa shape index (κ2) is 6.58. The zero-order valence-electron chi connectivity index (χ0n) is 11.6. The molecule has 0 unspecified atom stereocenters. The van der Waals surface area contributed by atoms with Crippen LogP contribution >= 0.6 is 0 Å². The molecule has 0 saturated carbocycles. The summed E-state index contributed by atoms with van der Waals surface area (Å²) in [6.07, 6.45) is 0.0594. The standard InChI is InChI=1S/C17H14O4/c1-2-21-16(18)5-3-4-12-6-7-14-11-15(17(19)20)9-8-13(14)10-12/h6-11H,2,5H2,1H3,(H,19,20). The number of rotatable bonds is 3. The minimum absolute atomic E-state index is 0.0594. The van der Waals surface area contributed by atoms with Gasteiger partial charge in [-0.25, -0.2) is 4.79 Å². The van der Waals surface area contributed by atoms with E-state index in [1.807, 2.05) is 12.1 Å². The summed E-state index contributed by atoms with van der Waals surface area (Å²) in [6.45, 7) is 2.10. The second-order valence-corrected chi connectivity index (χ2v) is 4.37. The summed E-state index contributed by atoms with van der Waals surface area (Å²) in [4.78, 5) is 22.1. The van der Waals surface area contributed by atoms with Crippen LogP contribution in [0, 0.1) is 11.8 Å². The summed E-state index contributed by atoms with van der Waals surface area (Å²) < 4.78 is 4.79. The van der Waals surface area contributed by atoms with Gasteiger partial charge >= 0.3 is 11.9 Å². The van der Waals surface area contributed by atoms with Crippen LogP contribution < -0.4 is 0 Å². The van der Waals surface area contributed by atoms with Crippen LogP contribution in [0.4, 0.5) is 0 Å². The second-order valence-electron chi connectivity index (χ2n) is 4.37. The molecule has 21 heavy (non-hydrogen) atoms. The van der Waals surface area contributed by atoms with Crippen LogP contribution in [0.1, 0.15) is 29.3 Å². The van der Waals surface area contributed by atoms with Gasteiger partial charge in [-0.3, -0.25) is 4.79 Å². The van der Waals surface area contributed by atoms with Crippen LogP contribution in [0.2, 0.25) is 0 Å². The SMILES string of the molecule is CCOC(=O)CC#Cc1ccc2cc(C(=O)O)ccc2c1. The molecule has 2 aromatic carbocycles. The van der Waals surface area contributed by atoms with Crippen LogP contribution in [-0.2, 0) is 9.53 Å². The lowest BCUT2D eigenvalue weighted by Gasteiger charge is -2.00. The number of hydrogen-bond donors (Lipinski definition) is 1. The first-order chi connectivity index (χ1) is 10.1. The summed E-state index contributed by atoms with van der Waals surface area (Å²) in [7, 11) is 0. The Bertz CT molecular complexity index is 750. The molecule has 0 fully saturated rings. The molecule has 0 heterocycles. The summed E-state index contributed by atoms with van der Waals surface area (Å²) in [5, 5.41) is 10.7. The highest BCUT2D eigenvalue weighted by molar-refractivity contribution is 5.94. The molecule has 0 aliphatic heterocycles. The van der Waals surface area contributed by atoms with Gasteiger partial charge in [-0.2, -0.15) is 0 Å². The summed E-state index contributed by atoms with van der Waals surface area (Å²) >= 11 is 0. The molecule has 0 aliphatic carbocycles. The molecule has 0 saturated heterocycles. The molecular formula is C17H14O4. The van der Waals surface area contributed by atoms with Gasteiger partial charge < -0.3 is 9.84 Å². The smallest absolute Gasteiger partial charge is 0.335 e. The fourth-order valence-electron chi connectivity index (χ4n) is 1.89. The number of benzene rings is 2. The topological polar surface area (TPSA) is 63.6 Å². The highest BCUT2D eigenvalue weighted by atomic mass is 16.5. The van der Waals surface area contributed by atoms with E-state index in [-0.39, 0.29) is 18.0 Å². The third-order valence-electron chi connectivity index (χ3n) is 2.86. The number of carboxylic acids is 1. The maximum absolute atomic E-state index is 11.2. The summed E-state index contributed by atoms with van der Waals surface area (Å²) in [6, 6.07) is 10.4. The van der Waals surface area contributed by atoms with E-state index >= 15 is 0 Å². The van der Waals surface area contributed by atoms with Crippen LogP contribution in [0.15, 0.2) is 36.4 Å². The number of hydrogen-bond acceptors (Lipinski definition) is 3. The third kappa shape index (κ3) is 3.83. The Hall–Kier alpha value is -2.80. The first kappa shape index (κ1) is 14.6. The van der Waals surface area contributed by atoms with Gasteiger partial charge in [-0.15, -0.1) is 0 Å². The van der Waals surface area contributed by atoms with E-state index in [0.29, 0.717) is 6.61 Å². The van der Waals surface area contributed by atoms with E-state index in [1.165, 1.54) is 0 Å². The predicted molar refractivity (Wildman–Crippen MR) is 79.0 cm³/mol. The van der Waals surface area contributed by atoms with Crippen LogP contribution in [0.25, 0.3) is 10.8 Å². The van der Waals surface area contributed by atoms with E-state index in [1.54, 1.807) is 31.2 Å². The van der Waals surface area contributed by atoms with E-state index in [9.17, 15) is 9.59 Å². The van der Waals surface area contributed by atoms with Crippen molar-refractivity contribution in [2.75, 3.05) is 6.61 Å². The van der Waals surface area contributed by atoms with Crippen LogP contribution in [-0.4, -0.2) is 23.7 Å². The first-order valence-electron chi connectivity index (χ1n) is 6.51. The van der Waals surface area contributed by atoms with Crippen LogP contribution in [0.3, 0.4) is 0 Å². The molecule has 0 bridgehead atoms. The Labute approximate surface area is 122 Å². The molecule has 0 spiro atoms. The van der Waals surface area contributed by atoms with Gasteiger partial charge in [0.1, 0.15) is 6.42 Å². The lowest BCUT2D eigenvalue weighted by Crippen LogP contribution is -2.01. The number of aromatic carboxylic acids is 1. The van der Waals surface area contributed by atoms with Gasteiger partial charge in [-0.05, 0) is 42.0 Å². The largest absolute Gasteiger partial charge is 0.478 e. The Kier molecular flexibility index (Phi) is 4.57. The molecular weight excluding hydrogens is 268 g/mol. The number of carboxylic acid groups (broad SMARTS) is 1. The molecule has 0 radical (unpaired) electrons. The normalized spacial score (nSPS) is 9.76. The average molecular weight is 282 g/mol. The van der Waals surface area contributed by atoms with Crippen molar-refractivity contribution >= 4 is 22.7 Å². The number of fused-ring (bicyclic) bond motifs is 1. The Balaban J connectivity index is 2.20. The lowest BCUT2D eigenvalue weighted by molar-refractivity contribution is -0.141. The molecule has 0 aromatic heterocycles. The minimum atomic E-state index is -0.949. The maximum Gasteiger partial charge on any atom is 0.335 e. The fraction of sp³-hybridized carbons (Fsp3) is 0.176. The number of carbonyl (C=O) groups is 2.